The number of fused-ring (bicyclic) bond motifs is 1. The summed E-state index contributed by atoms with van der Waals surface area (Å²) in [5, 5.41) is 14.2. The van der Waals surface area contributed by atoms with Crippen LogP contribution in [-0.2, 0) is 13.1 Å². The fraction of sp³-hybridized carbons (Fsp3) is 0.188. The molecular formula is C16H15NO3S. The van der Waals surface area contributed by atoms with Crippen LogP contribution in [0.5, 0.6) is 0 Å². The molecule has 1 N–H and O–H groups in total. The van der Waals surface area contributed by atoms with E-state index in [1.54, 1.807) is 23.5 Å². The van der Waals surface area contributed by atoms with Crippen LogP contribution in [0.3, 0.4) is 0 Å². The molecule has 2 heterocycles. The summed E-state index contributed by atoms with van der Waals surface area (Å²) < 4.78 is 5.73. The quantitative estimate of drug-likeness (QED) is 0.778. The van der Waals surface area contributed by atoms with E-state index in [1.807, 2.05) is 29.5 Å². The average Bonchev–Trinajstić information content (AvgIpc) is 3.04. The maximum absolute atomic E-state index is 11.5. The molecule has 2 aromatic heterocycles. The molecule has 0 radical (unpaired) electrons. The van der Waals surface area contributed by atoms with Crippen molar-refractivity contribution >= 4 is 28.3 Å². The molecule has 0 bridgehead atoms. The number of thiophene rings is 1. The molecule has 1 aromatic carbocycles. The minimum absolute atomic E-state index is 0.266. The van der Waals surface area contributed by atoms with Gasteiger partial charge in [0.2, 0.25) is 0 Å². The molecule has 0 fully saturated rings. The van der Waals surface area contributed by atoms with Gasteiger partial charge in [0, 0.05) is 11.9 Å². The highest BCUT2D eigenvalue weighted by Crippen LogP contribution is 2.27. The molecule has 3 aromatic rings. The Hall–Kier alpha value is -2.11. The van der Waals surface area contributed by atoms with Crippen LogP contribution in [-0.4, -0.2) is 23.0 Å². The summed E-state index contributed by atoms with van der Waals surface area (Å²) in [6, 6.07) is 9.31. The Morgan fingerprint density at radius 3 is 2.81 bits per heavy atom. The second-order valence-electron chi connectivity index (χ2n) is 5.01. The maximum Gasteiger partial charge on any atom is 0.339 e. The van der Waals surface area contributed by atoms with Gasteiger partial charge in [0.1, 0.15) is 16.9 Å². The molecule has 0 aliphatic rings. The molecular weight excluding hydrogens is 286 g/mol. The van der Waals surface area contributed by atoms with Gasteiger partial charge < -0.3 is 9.52 Å². The van der Waals surface area contributed by atoms with Crippen LogP contribution in [0.15, 0.2) is 45.5 Å². The molecule has 4 nitrogen and oxygen atoms in total. The van der Waals surface area contributed by atoms with Crippen LogP contribution >= 0.6 is 11.3 Å². The smallest absolute Gasteiger partial charge is 0.339 e. The predicted molar refractivity (Wildman–Crippen MR) is 82.7 cm³/mol. The van der Waals surface area contributed by atoms with Gasteiger partial charge in [0.15, 0.2) is 0 Å². The van der Waals surface area contributed by atoms with E-state index in [2.05, 4.69) is 11.4 Å². The largest absolute Gasteiger partial charge is 0.478 e. The van der Waals surface area contributed by atoms with Crippen molar-refractivity contribution in [2.75, 3.05) is 7.05 Å². The molecule has 3 rings (SSSR count). The van der Waals surface area contributed by atoms with Gasteiger partial charge in [0.25, 0.3) is 0 Å². The molecule has 21 heavy (non-hydrogen) atoms. The lowest BCUT2D eigenvalue weighted by molar-refractivity contribution is 0.0695. The van der Waals surface area contributed by atoms with Crippen molar-refractivity contribution in [2.24, 2.45) is 0 Å². The fourth-order valence-corrected chi connectivity index (χ4v) is 3.10. The van der Waals surface area contributed by atoms with Gasteiger partial charge in [0.05, 0.1) is 6.54 Å². The van der Waals surface area contributed by atoms with E-state index in [4.69, 9.17) is 4.42 Å². The normalized spacial score (nSPS) is 11.3. The zero-order valence-corrected chi connectivity index (χ0v) is 12.4. The first-order valence-electron chi connectivity index (χ1n) is 6.58. The van der Waals surface area contributed by atoms with Gasteiger partial charge in [-0.15, -0.1) is 0 Å². The summed E-state index contributed by atoms with van der Waals surface area (Å²) >= 11 is 1.66. The molecule has 0 unspecified atom stereocenters. The van der Waals surface area contributed by atoms with Crippen molar-refractivity contribution in [3.63, 3.8) is 0 Å². The molecule has 0 atom stereocenters. The van der Waals surface area contributed by atoms with E-state index in [0.29, 0.717) is 23.3 Å². The third kappa shape index (κ3) is 2.84. The monoisotopic (exact) mass is 301 g/mol. The third-order valence-electron chi connectivity index (χ3n) is 3.33. The van der Waals surface area contributed by atoms with Gasteiger partial charge in [-0.05, 0) is 35.5 Å². The van der Waals surface area contributed by atoms with Crippen LogP contribution in [0.4, 0.5) is 0 Å². The summed E-state index contributed by atoms with van der Waals surface area (Å²) in [6.45, 7) is 1.23. The highest BCUT2D eigenvalue weighted by Gasteiger charge is 2.20. The molecule has 108 valence electrons. The standard InChI is InChI=1S/C16H15NO3S/c1-17(8-11-6-7-21-10-11)9-14-15(16(18)19)12-4-2-3-5-13(12)20-14/h2-7,10H,8-9H2,1H3,(H,18,19). The summed E-state index contributed by atoms with van der Waals surface area (Å²) in [5.41, 5.74) is 2.10. The van der Waals surface area contributed by atoms with Gasteiger partial charge in [-0.2, -0.15) is 11.3 Å². The second kappa shape index (κ2) is 5.71. The number of carbonyl (C=O) groups is 1. The lowest BCUT2D eigenvalue weighted by Crippen LogP contribution is -2.18. The van der Waals surface area contributed by atoms with Crippen LogP contribution < -0.4 is 0 Å². The first-order valence-corrected chi connectivity index (χ1v) is 7.53. The van der Waals surface area contributed by atoms with Crippen molar-refractivity contribution in [1.82, 2.24) is 4.90 Å². The fourth-order valence-electron chi connectivity index (χ4n) is 2.44. The number of hydrogen-bond acceptors (Lipinski definition) is 4. The van der Waals surface area contributed by atoms with Gasteiger partial charge in [-0.3, -0.25) is 4.90 Å². The number of hydrogen-bond donors (Lipinski definition) is 1. The lowest BCUT2D eigenvalue weighted by atomic mass is 10.1. The number of furan rings is 1. The summed E-state index contributed by atoms with van der Waals surface area (Å²) in [6.07, 6.45) is 0. The number of carboxylic acid groups (broad SMARTS) is 1. The Kier molecular flexibility index (Phi) is 3.77. The number of carboxylic acids is 1. The predicted octanol–water partition coefficient (Wildman–Crippen LogP) is 3.82. The summed E-state index contributed by atoms with van der Waals surface area (Å²) in [7, 11) is 1.95. The average molecular weight is 301 g/mol. The zero-order valence-electron chi connectivity index (χ0n) is 11.6. The van der Waals surface area contributed by atoms with Crippen LogP contribution in [0.25, 0.3) is 11.0 Å². The van der Waals surface area contributed by atoms with Crippen molar-refractivity contribution in [1.29, 1.82) is 0 Å². The molecule has 0 saturated carbocycles. The Morgan fingerprint density at radius 2 is 2.10 bits per heavy atom. The van der Waals surface area contributed by atoms with E-state index < -0.39 is 5.97 Å². The van der Waals surface area contributed by atoms with E-state index in [1.165, 1.54) is 5.56 Å². The molecule has 5 heteroatoms. The van der Waals surface area contributed by atoms with E-state index in [9.17, 15) is 9.90 Å². The SMILES string of the molecule is CN(Cc1ccsc1)Cc1oc2ccccc2c1C(=O)O. The second-order valence-corrected chi connectivity index (χ2v) is 5.79. The van der Waals surface area contributed by atoms with E-state index >= 15 is 0 Å². The number of rotatable bonds is 5. The van der Waals surface area contributed by atoms with Crippen LogP contribution in [0.2, 0.25) is 0 Å². The minimum Gasteiger partial charge on any atom is -0.478 e. The number of para-hydroxylation sites is 1. The maximum atomic E-state index is 11.5. The van der Waals surface area contributed by atoms with Gasteiger partial charge in [-0.1, -0.05) is 18.2 Å². The Morgan fingerprint density at radius 1 is 1.29 bits per heavy atom. The van der Waals surface area contributed by atoms with Crippen molar-refractivity contribution in [3.05, 3.63) is 58.0 Å². The summed E-state index contributed by atoms with van der Waals surface area (Å²) in [4.78, 5) is 13.6. The van der Waals surface area contributed by atoms with Crippen molar-refractivity contribution < 1.29 is 14.3 Å². The third-order valence-corrected chi connectivity index (χ3v) is 4.06. The number of aromatic carboxylic acids is 1. The van der Waals surface area contributed by atoms with Crippen LogP contribution in [0.1, 0.15) is 21.7 Å². The van der Waals surface area contributed by atoms with Gasteiger partial charge in [-0.25, -0.2) is 4.79 Å². The first kappa shape index (κ1) is 13.9. The van der Waals surface area contributed by atoms with E-state index in [-0.39, 0.29) is 5.56 Å². The molecule has 0 spiro atoms. The Labute approximate surface area is 126 Å². The van der Waals surface area contributed by atoms with E-state index in [0.717, 1.165) is 6.54 Å². The Bertz CT molecular complexity index is 761. The minimum atomic E-state index is -0.945. The number of nitrogens with zero attached hydrogens (tertiary/aromatic N) is 1. The highest BCUT2D eigenvalue weighted by molar-refractivity contribution is 7.07. The topological polar surface area (TPSA) is 53.7 Å². The molecule has 0 saturated heterocycles. The highest BCUT2D eigenvalue weighted by atomic mass is 32.1. The molecule has 0 aliphatic carbocycles. The van der Waals surface area contributed by atoms with Gasteiger partial charge >= 0.3 is 5.97 Å². The lowest BCUT2D eigenvalue weighted by Gasteiger charge is -2.14. The van der Waals surface area contributed by atoms with Crippen molar-refractivity contribution in [3.8, 4) is 0 Å². The van der Waals surface area contributed by atoms with Crippen LogP contribution in [0, 0.1) is 0 Å². The molecule has 0 amide bonds. The van der Waals surface area contributed by atoms with Crippen molar-refractivity contribution in [2.45, 2.75) is 13.1 Å². The Balaban J connectivity index is 1.89. The first-order chi connectivity index (χ1) is 10.1. The summed E-state index contributed by atoms with van der Waals surface area (Å²) in [5.74, 6) is -0.444. The molecule has 0 aliphatic heterocycles. The zero-order chi connectivity index (χ0) is 14.8. The number of benzene rings is 1.